The molecule has 8 heteroatoms. The van der Waals surface area contributed by atoms with Crippen LogP contribution >= 0.6 is 0 Å². The molecule has 1 heterocycles. The van der Waals surface area contributed by atoms with E-state index < -0.39 is 10.8 Å². The van der Waals surface area contributed by atoms with Gasteiger partial charge in [0.05, 0.1) is 16.7 Å². The molecular weight excluding hydrogens is 360 g/mol. The number of hydrogen-bond donors (Lipinski definition) is 1. The normalized spacial score (nSPS) is 10.6. The Balaban J connectivity index is 1.94. The fraction of sp³-hybridized carbons (Fsp3) is 0.200. The number of hydrogen-bond acceptors (Lipinski definition) is 5. The first kappa shape index (κ1) is 19.1. The average molecular weight is 380 g/mol. The molecule has 0 fully saturated rings. The van der Waals surface area contributed by atoms with E-state index in [1.807, 2.05) is 32.9 Å². The summed E-state index contributed by atoms with van der Waals surface area (Å²) in [5.41, 5.74) is 3.30. The van der Waals surface area contributed by atoms with Crippen LogP contribution in [0.5, 0.6) is 11.5 Å². The van der Waals surface area contributed by atoms with E-state index in [-0.39, 0.29) is 22.8 Å². The number of anilines is 1. The number of aromatic nitrogens is 2. The summed E-state index contributed by atoms with van der Waals surface area (Å²) in [5, 5.41) is 18.0. The van der Waals surface area contributed by atoms with Gasteiger partial charge >= 0.3 is 0 Å². The molecule has 0 aliphatic rings. The van der Waals surface area contributed by atoms with Crippen LogP contribution in [-0.2, 0) is 7.05 Å². The van der Waals surface area contributed by atoms with Gasteiger partial charge < -0.3 is 10.1 Å². The smallest absolute Gasteiger partial charge is 0.276 e. The number of nitrogens with one attached hydrogen (secondary N) is 1. The first-order valence-corrected chi connectivity index (χ1v) is 8.59. The van der Waals surface area contributed by atoms with Crippen LogP contribution in [0.4, 0.5) is 11.4 Å². The molecule has 0 spiro atoms. The molecule has 1 N–H and O–H groups in total. The van der Waals surface area contributed by atoms with E-state index in [9.17, 15) is 14.9 Å². The van der Waals surface area contributed by atoms with E-state index in [1.165, 1.54) is 16.8 Å². The van der Waals surface area contributed by atoms with Gasteiger partial charge in [-0.25, -0.2) is 0 Å². The highest BCUT2D eigenvalue weighted by Crippen LogP contribution is 2.33. The van der Waals surface area contributed by atoms with E-state index in [2.05, 4.69) is 10.4 Å². The van der Waals surface area contributed by atoms with E-state index in [1.54, 1.807) is 25.4 Å². The Morgan fingerprint density at radius 2 is 1.93 bits per heavy atom. The Hall–Kier alpha value is -3.68. The van der Waals surface area contributed by atoms with Crippen LogP contribution in [0.1, 0.15) is 27.2 Å². The minimum Gasteiger partial charge on any atom is -0.457 e. The Bertz CT molecular complexity index is 1070. The van der Waals surface area contributed by atoms with Crippen molar-refractivity contribution in [1.82, 2.24) is 9.78 Å². The van der Waals surface area contributed by atoms with Gasteiger partial charge in [0.15, 0.2) is 5.69 Å². The van der Waals surface area contributed by atoms with Gasteiger partial charge in [-0.3, -0.25) is 19.6 Å². The Labute approximate surface area is 161 Å². The van der Waals surface area contributed by atoms with Gasteiger partial charge in [0.25, 0.3) is 11.6 Å². The topological polar surface area (TPSA) is 99.3 Å². The van der Waals surface area contributed by atoms with E-state index in [0.717, 1.165) is 16.7 Å². The first-order chi connectivity index (χ1) is 13.2. The summed E-state index contributed by atoms with van der Waals surface area (Å²) in [6.45, 7) is 5.84. The molecule has 144 valence electrons. The van der Waals surface area contributed by atoms with Crippen molar-refractivity contribution in [3.63, 3.8) is 0 Å². The van der Waals surface area contributed by atoms with Gasteiger partial charge in [0.2, 0.25) is 0 Å². The average Bonchev–Trinajstić information content (AvgIpc) is 3.05. The van der Waals surface area contributed by atoms with Crippen molar-refractivity contribution in [1.29, 1.82) is 0 Å². The maximum Gasteiger partial charge on any atom is 0.276 e. The van der Waals surface area contributed by atoms with Crippen LogP contribution < -0.4 is 10.1 Å². The Kier molecular flexibility index (Phi) is 5.12. The Morgan fingerprint density at radius 1 is 1.18 bits per heavy atom. The zero-order valence-electron chi connectivity index (χ0n) is 16.0. The number of ether oxygens (including phenoxy) is 1. The summed E-state index contributed by atoms with van der Waals surface area (Å²) in [6, 6.07) is 9.62. The number of nitro benzene ring substituents is 1. The number of nitro groups is 1. The van der Waals surface area contributed by atoms with Crippen LogP contribution in [0.25, 0.3) is 0 Å². The lowest BCUT2D eigenvalue weighted by atomic mass is 10.1. The summed E-state index contributed by atoms with van der Waals surface area (Å²) in [6.07, 6.45) is 1.64. The number of non-ortho nitro benzene ring substituents is 1. The third kappa shape index (κ3) is 4.17. The molecule has 2 aromatic carbocycles. The number of benzene rings is 2. The predicted molar refractivity (Wildman–Crippen MR) is 105 cm³/mol. The van der Waals surface area contributed by atoms with Crippen molar-refractivity contribution in [2.45, 2.75) is 20.8 Å². The SMILES string of the molecule is Cc1cc(C)c(C)c(Oc2cc(NC(=O)c3ccn(C)n3)cc([N+](=O)[O-])c2)c1. The number of rotatable bonds is 5. The number of carbonyl (C=O) groups excluding carboxylic acids is 1. The molecule has 3 aromatic rings. The fourth-order valence-corrected chi connectivity index (χ4v) is 2.78. The number of nitrogens with zero attached hydrogens (tertiary/aromatic N) is 3. The lowest BCUT2D eigenvalue weighted by molar-refractivity contribution is -0.384. The summed E-state index contributed by atoms with van der Waals surface area (Å²) < 4.78 is 7.42. The minimum atomic E-state index is -0.530. The molecule has 1 amide bonds. The number of amides is 1. The van der Waals surface area contributed by atoms with Crippen LogP contribution in [0.15, 0.2) is 42.6 Å². The van der Waals surface area contributed by atoms with Crippen LogP contribution in [-0.4, -0.2) is 20.6 Å². The van der Waals surface area contributed by atoms with Crippen LogP contribution in [0.2, 0.25) is 0 Å². The monoisotopic (exact) mass is 380 g/mol. The zero-order chi connectivity index (χ0) is 20.4. The lowest BCUT2D eigenvalue weighted by Crippen LogP contribution is -2.13. The Morgan fingerprint density at radius 3 is 2.57 bits per heavy atom. The van der Waals surface area contributed by atoms with Crippen molar-refractivity contribution in [2.75, 3.05) is 5.32 Å². The molecule has 8 nitrogen and oxygen atoms in total. The van der Waals surface area contributed by atoms with Crippen LogP contribution in [0, 0.1) is 30.9 Å². The molecule has 0 unspecified atom stereocenters. The maximum absolute atomic E-state index is 12.3. The van der Waals surface area contributed by atoms with Crippen molar-refractivity contribution < 1.29 is 14.5 Å². The standard InChI is InChI=1S/C20H20N4O4/c1-12-7-13(2)14(3)19(8-12)28-17-10-15(9-16(11-17)24(26)27)21-20(25)18-5-6-23(4)22-18/h5-11H,1-4H3,(H,21,25). The summed E-state index contributed by atoms with van der Waals surface area (Å²) in [5.74, 6) is 0.410. The van der Waals surface area contributed by atoms with Crippen molar-refractivity contribution in [3.05, 3.63) is 75.1 Å². The second kappa shape index (κ2) is 7.51. The van der Waals surface area contributed by atoms with Gasteiger partial charge in [-0.1, -0.05) is 6.07 Å². The third-order valence-electron chi connectivity index (χ3n) is 4.30. The first-order valence-electron chi connectivity index (χ1n) is 8.59. The summed E-state index contributed by atoms with van der Waals surface area (Å²) in [7, 11) is 1.70. The molecule has 28 heavy (non-hydrogen) atoms. The van der Waals surface area contributed by atoms with Gasteiger partial charge in [0.1, 0.15) is 11.5 Å². The molecule has 0 aliphatic carbocycles. The van der Waals surface area contributed by atoms with Gasteiger partial charge in [-0.05, 0) is 49.6 Å². The van der Waals surface area contributed by atoms with Crippen molar-refractivity contribution >= 4 is 17.3 Å². The molecule has 0 aliphatic heterocycles. The molecule has 0 saturated carbocycles. The second-order valence-electron chi connectivity index (χ2n) is 6.61. The maximum atomic E-state index is 12.3. The number of aryl methyl sites for hydroxylation is 3. The third-order valence-corrected chi connectivity index (χ3v) is 4.30. The highest BCUT2D eigenvalue weighted by atomic mass is 16.6. The van der Waals surface area contributed by atoms with Crippen molar-refractivity contribution in [3.8, 4) is 11.5 Å². The summed E-state index contributed by atoms with van der Waals surface area (Å²) in [4.78, 5) is 23.1. The number of carbonyl (C=O) groups is 1. The van der Waals surface area contributed by atoms with Crippen molar-refractivity contribution in [2.24, 2.45) is 7.05 Å². The van der Waals surface area contributed by atoms with Crippen LogP contribution in [0.3, 0.4) is 0 Å². The molecule has 0 bridgehead atoms. The fourth-order valence-electron chi connectivity index (χ4n) is 2.78. The van der Waals surface area contributed by atoms with E-state index in [0.29, 0.717) is 5.75 Å². The quantitative estimate of drug-likeness (QED) is 0.525. The van der Waals surface area contributed by atoms with Gasteiger partial charge in [-0.15, -0.1) is 0 Å². The zero-order valence-corrected chi connectivity index (χ0v) is 16.0. The second-order valence-corrected chi connectivity index (χ2v) is 6.61. The largest absolute Gasteiger partial charge is 0.457 e. The minimum absolute atomic E-state index is 0.184. The molecule has 3 rings (SSSR count). The molecule has 0 saturated heterocycles. The van der Waals surface area contributed by atoms with E-state index >= 15 is 0 Å². The molecular formula is C20H20N4O4. The predicted octanol–water partition coefficient (Wildman–Crippen LogP) is 4.30. The highest BCUT2D eigenvalue weighted by molar-refractivity contribution is 6.03. The molecule has 0 atom stereocenters. The molecule has 0 radical (unpaired) electrons. The van der Waals surface area contributed by atoms with Gasteiger partial charge in [-0.2, -0.15) is 5.10 Å². The highest BCUT2D eigenvalue weighted by Gasteiger charge is 2.16. The molecule has 1 aromatic heterocycles. The van der Waals surface area contributed by atoms with E-state index in [4.69, 9.17) is 4.74 Å². The van der Waals surface area contributed by atoms with Gasteiger partial charge in [0, 0.05) is 25.4 Å². The summed E-state index contributed by atoms with van der Waals surface area (Å²) >= 11 is 0. The lowest BCUT2D eigenvalue weighted by Gasteiger charge is -2.13.